The van der Waals surface area contributed by atoms with E-state index in [4.69, 9.17) is 14.9 Å². The van der Waals surface area contributed by atoms with Gasteiger partial charge in [0.25, 0.3) is 0 Å². The van der Waals surface area contributed by atoms with E-state index in [0.717, 1.165) is 6.42 Å². The average molecular weight is 247 g/mol. The lowest BCUT2D eigenvalue weighted by Gasteiger charge is -2.23. The van der Waals surface area contributed by atoms with Gasteiger partial charge in [-0.15, -0.1) is 0 Å². The third-order valence-electron chi connectivity index (χ3n) is 2.42. The van der Waals surface area contributed by atoms with E-state index in [-0.39, 0.29) is 6.42 Å². The minimum atomic E-state index is -0.871. The maximum atomic E-state index is 10.7. The molecule has 1 unspecified atom stereocenters. The SMILES string of the molecule is COCCCN(CCC(=O)O)CC(C)C(=O)O. The molecule has 0 radical (unpaired) electrons. The molecule has 0 aromatic rings. The summed E-state index contributed by atoms with van der Waals surface area (Å²) in [7, 11) is 1.60. The molecule has 0 bridgehead atoms. The number of hydrogen-bond acceptors (Lipinski definition) is 4. The molecule has 6 heteroatoms. The summed E-state index contributed by atoms with van der Waals surface area (Å²) < 4.78 is 4.91. The predicted molar refractivity (Wildman–Crippen MR) is 62.0 cm³/mol. The van der Waals surface area contributed by atoms with Crippen LogP contribution < -0.4 is 0 Å². The molecule has 0 rings (SSSR count). The molecule has 0 saturated carbocycles. The summed E-state index contributed by atoms with van der Waals surface area (Å²) in [5.74, 6) is -2.23. The molecule has 0 amide bonds. The van der Waals surface area contributed by atoms with Crippen molar-refractivity contribution in [3.63, 3.8) is 0 Å². The zero-order chi connectivity index (χ0) is 13.3. The summed E-state index contributed by atoms with van der Waals surface area (Å²) in [5, 5.41) is 17.4. The van der Waals surface area contributed by atoms with Crippen molar-refractivity contribution in [1.29, 1.82) is 0 Å². The zero-order valence-electron chi connectivity index (χ0n) is 10.4. The van der Waals surface area contributed by atoms with Gasteiger partial charge in [-0.05, 0) is 6.42 Å². The first kappa shape index (κ1) is 15.9. The highest BCUT2D eigenvalue weighted by Gasteiger charge is 2.16. The van der Waals surface area contributed by atoms with Gasteiger partial charge in [0.1, 0.15) is 0 Å². The number of carboxylic acid groups (broad SMARTS) is 2. The summed E-state index contributed by atoms with van der Waals surface area (Å²) in [6, 6.07) is 0. The van der Waals surface area contributed by atoms with Crippen molar-refractivity contribution in [2.75, 3.05) is 33.4 Å². The largest absolute Gasteiger partial charge is 0.481 e. The summed E-state index contributed by atoms with van der Waals surface area (Å²) in [6.45, 7) is 3.60. The Morgan fingerprint density at radius 2 is 1.94 bits per heavy atom. The highest BCUT2D eigenvalue weighted by atomic mass is 16.5. The summed E-state index contributed by atoms with van der Waals surface area (Å²) in [5.41, 5.74) is 0. The summed E-state index contributed by atoms with van der Waals surface area (Å²) in [4.78, 5) is 23.1. The number of rotatable bonds is 10. The van der Waals surface area contributed by atoms with Crippen LogP contribution in [0.25, 0.3) is 0 Å². The topological polar surface area (TPSA) is 87.1 Å². The maximum Gasteiger partial charge on any atom is 0.307 e. The van der Waals surface area contributed by atoms with Crippen LogP contribution in [-0.2, 0) is 14.3 Å². The molecule has 0 aliphatic rings. The first-order valence-corrected chi connectivity index (χ1v) is 5.63. The lowest BCUT2D eigenvalue weighted by molar-refractivity contribution is -0.141. The van der Waals surface area contributed by atoms with Gasteiger partial charge < -0.3 is 19.8 Å². The van der Waals surface area contributed by atoms with Gasteiger partial charge in [0, 0.05) is 33.4 Å². The smallest absolute Gasteiger partial charge is 0.307 e. The van der Waals surface area contributed by atoms with Crippen molar-refractivity contribution in [3.8, 4) is 0 Å². The molecule has 0 aliphatic carbocycles. The Bertz CT molecular complexity index is 244. The molecule has 0 spiro atoms. The normalized spacial score (nSPS) is 12.6. The highest BCUT2D eigenvalue weighted by molar-refractivity contribution is 5.69. The average Bonchev–Trinajstić information content (AvgIpc) is 2.25. The van der Waals surface area contributed by atoms with Crippen molar-refractivity contribution in [3.05, 3.63) is 0 Å². The predicted octanol–water partition coefficient (Wildman–Crippen LogP) is 0.520. The van der Waals surface area contributed by atoms with Gasteiger partial charge in [0.15, 0.2) is 0 Å². The van der Waals surface area contributed by atoms with Gasteiger partial charge in [-0.1, -0.05) is 6.92 Å². The Kier molecular flexibility index (Phi) is 8.35. The fourth-order valence-electron chi connectivity index (χ4n) is 1.45. The maximum absolute atomic E-state index is 10.7. The molecule has 2 N–H and O–H groups in total. The van der Waals surface area contributed by atoms with Crippen LogP contribution in [0.2, 0.25) is 0 Å². The number of aliphatic carboxylic acids is 2. The standard InChI is InChI=1S/C11H21NO5/c1-9(11(15)16)8-12(5-3-7-17-2)6-4-10(13)14/h9H,3-8H2,1-2H3,(H,13,14)(H,15,16). The van der Waals surface area contributed by atoms with Crippen LogP contribution in [0.3, 0.4) is 0 Å². The van der Waals surface area contributed by atoms with E-state index in [1.165, 1.54) is 0 Å². The first-order valence-electron chi connectivity index (χ1n) is 5.63. The molecule has 1 atom stereocenters. The fraction of sp³-hybridized carbons (Fsp3) is 0.818. The molecular weight excluding hydrogens is 226 g/mol. The van der Waals surface area contributed by atoms with E-state index >= 15 is 0 Å². The molecule has 100 valence electrons. The van der Waals surface area contributed by atoms with E-state index in [1.807, 2.05) is 4.90 Å². The van der Waals surface area contributed by atoms with Crippen LogP contribution in [-0.4, -0.2) is 60.4 Å². The van der Waals surface area contributed by atoms with Crippen molar-refractivity contribution < 1.29 is 24.5 Å². The second-order valence-corrected chi connectivity index (χ2v) is 4.03. The van der Waals surface area contributed by atoms with Gasteiger partial charge in [-0.3, -0.25) is 9.59 Å². The fourth-order valence-corrected chi connectivity index (χ4v) is 1.45. The van der Waals surface area contributed by atoms with Gasteiger partial charge in [-0.25, -0.2) is 0 Å². The van der Waals surface area contributed by atoms with Gasteiger partial charge in [0.2, 0.25) is 0 Å². The van der Waals surface area contributed by atoms with Crippen molar-refractivity contribution in [1.82, 2.24) is 4.90 Å². The third-order valence-corrected chi connectivity index (χ3v) is 2.42. The number of carboxylic acids is 2. The molecule has 0 aliphatic heterocycles. The van der Waals surface area contributed by atoms with Crippen LogP contribution >= 0.6 is 0 Å². The Morgan fingerprint density at radius 1 is 1.29 bits per heavy atom. The number of methoxy groups -OCH3 is 1. The summed E-state index contributed by atoms with van der Waals surface area (Å²) in [6.07, 6.45) is 0.793. The molecule has 0 fully saturated rings. The van der Waals surface area contributed by atoms with Gasteiger partial charge in [0.05, 0.1) is 12.3 Å². The van der Waals surface area contributed by atoms with Crippen LogP contribution in [0, 0.1) is 5.92 Å². The first-order chi connectivity index (χ1) is 7.97. The molecule has 0 aromatic heterocycles. The number of ether oxygens (including phenoxy) is 1. The molecule has 0 heterocycles. The summed E-state index contributed by atoms with van der Waals surface area (Å²) >= 11 is 0. The Balaban J connectivity index is 4.08. The molecule has 0 aromatic carbocycles. The molecule has 6 nitrogen and oxygen atoms in total. The van der Waals surface area contributed by atoms with Crippen molar-refractivity contribution >= 4 is 11.9 Å². The Morgan fingerprint density at radius 3 is 2.41 bits per heavy atom. The minimum absolute atomic E-state index is 0.0271. The highest BCUT2D eigenvalue weighted by Crippen LogP contribution is 2.03. The minimum Gasteiger partial charge on any atom is -0.481 e. The second kappa shape index (κ2) is 8.95. The van der Waals surface area contributed by atoms with Crippen molar-refractivity contribution in [2.24, 2.45) is 5.92 Å². The van der Waals surface area contributed by atoms with Crippen LogP contribution in [0.5, 0.6) is 0 Å². The second-order valence-electron chi connectivity index (χ2n) is 4.03. The van der Waals surface area contributed by atoms with Gasteiger partial charge in [-0.2, -0.15) is 0 Å². The van der Waals surface area contributed by atoms with Crippen LogP contribution in [0.4, 0.5) is 0 Å². The van der Waals surface area contributed by atoms with Crippen molar-refractivity contribution in [2.45, 2.75) is 19.8 Å². The Hall–Kier alpha value is -1.14. The zero-order valence-corrected chi connectivity index (χ0v) is 10.4. The number of carbonyl (C=O) groups is 2. The number of nitrogens with zero attached hydrogens (tertiary/aromatic N) is 1. The molecule has 17 heavy (non-hydrogen) atoms. The lowest BCUT2D eigenvalue weighted by atomic mass is 10.1. The monoisotopic (exact) mass is 247 g/mol. The van der Waals surface area contributed by atoms with E-state index in [9.17, 15) is 9.59 Å². The Labute approximate surface area is 101 Å². The van der Waals surface area contributed by atoms with E-state index in [1.54, 1.807) is 14.0 Å². The third kappa shape index (κ3) is 8.65. The number of hydrogen-bond donors (Lipinski definition) is 2. The van der Waals surface area contributed by atoms with Gasteiger partial charge >= 0.3 is 11.9 Å². The van der Waals surface area contributed by atoms with E-state index < -0.39 is 17.9 Å². The molecule has 0 saturated heterocycles. The van der Waals surface area contributed by atoms with E-state index in [2.05, 4.69) is 0 Å². The van der Waals surface area contributed by atoms with E-state index in [0.29, 0.717) is 26.2 Å². The molecular formula is C11H21NO5. The quantitative estimate of drug-likeness (QED) is 0.547. The van der Waals surface area contributed by atoms with Crippen LogP contribution in [0.15, 0.2) is 0 Å². The lowest BCUT2D eigenvalue weighted by Crippen LogP contribution is -2.34. The van der Waals surface area contributed by atoms with Crippen LogP contribution in [0.1, 0.15) is 19.8 Å².